The third-order valence-electron chi connectivity index (χ3n) is 2.58. The van der Waals surface area contributed by atoms with Gasteiger partial charge in [0.15, 0.2) is 0 Å². The minimum absolute atomic E-state index is 0.195. The van der Waals surface area contributed by atoms with Crippen LogP contribution in [-0.2, 0) is 0 Å². The number of pyridine rings is 1. The number of nitrogens with two attached hydrogens (primary N) is 1. The Balaban J connectivity index is 2.39. The Morgan fingerprint density at radius 2 is 2.17 bits per heavy atom. The normalized spacial score (nSPS) is 10.7. The van der Waals surface area contributed by atoms with E-state index in [2.05, 4.69) is 24.1 Å². The van der Waals surface area contributed by atoms with Gasteiger partial charge >= 0.3 is 0 Å². The van der Waals surface area contributed by atoms with Gasteiger partial charge in [-0.05, 0) is 24.5 Å². The first-order chi connectivity index (χ1) is 8.50. The largest absolute Gasteiger partial charge is 0.384 e. The van der Waals surface area contributed by atoms with Crippen LogP contribution in [0.25, 0.3) is 0 Å². The summed E-state index contributed by atoms with van der Waals surface area (Å²) >= 11 is 5.89. The molecule has 100 valence electrons. The Bertz CT molecular complexity index is 407. The monoisotopic (exact) mass is 269 g/mol. The van der Waals surface area contributed by atoms with E-state index in [0.29, 0.717) is 23.3 Å². The van der Waals surface area contributed by atoms with E-state index in [-0.39, 0.29) is 11.6 Å². The summed E-state index contributed by atoms with van der Waals surface area (Å²) in [5, 5.41) is 3.12. The molecule has 0 radical (unpaired) electrons. The van der Waals surface area contributed by atoms with Crippen LogP contribution in [0.4, 0.5) is 5.82 Å². The van der Waals surface area contributed by atoms with Gasteiger partial charge in [0, 0.05) is 6.54 Å². The predicted octanol–water partition coefficient (Wildman–Crippen LogP) is 2.87. The molecule has 0 unspecified atom stereocenters. The SMILES string of the molecule is CC(C)CCCCNC(=O)c1nc(N)ccc1Cl. The van der Waals surface area contributed by atoms with Crippen molar-refractivity contribution >= 4 is 23.3 Å². The Morgan fingerprint density at radius 3 is 2.83 bits per heavy atom. The molecule has 0 atom stereocenters. The number of aromatic nitrogens is 1. The first kappa shape index (κ1) is 14.8. The Labute approximate surface area is 113 Å². The van der Waals surface area contributed by atoms with Crippen LogP contribution in [0.2, 0.25) is 5.02 Å². The molecular formula is C13H20ClN3O. The van der Waals surface area contributed by atoms with Gasteiger partial charge in [0.05, 0.1) is 5.02 Å². The van der Waals surface area contributed by atoms with E-state index in [1.165, 1.54) is 6.42 Å². The van der Waals surface area contributed by atoms with Gasteiger partial charge in [0.25, 0.3) is 5.91 Å². The minimum Gasteiger partial charge on any atom is -0.384 e. The molecule has 0 saturated carbocycles. The number of unbranched alkanes of at least 4 members (excludes halogenated alkanes) is 1. The first-order valence-corrected chi connectivity index (χ1v) is 6.58. The van der Waals surface area contributed by atoms with Crippen LogP contribution in [-0.4, -0.2) is 17.4 Å². The highest BCUT2D eigenvalue weighted by molar-refractivity contribution is 6.33. The number of amides is 1. The molecule has 1 aromatic rings. The van der Waals surface area contributed by atoms with Crippen LogP contribution in [0, 0.1) is 5.92 Å². The number of halogens is 1. The fourth-order valence-corrected chi connectivity index (χ4v) is 1.77. The van der Waals surface area contributed by atoms with Crippen molar-refractivity contribution in [1.82, 2.24) is 10.3 Å². The Morgan fingerprint density at radius 1 is 1.44 bits per heavy atom. The molecule has 5 heteroatoms. The fourth-order valence-electron chi connectivity index (χ4n) is 1.58. The molecule has 0 aliphatic heterocycles. The molecule has 4 nitrogen and oxygen atoms in total. The van der Waals surface area contributed by atoms with E-state index in [1.54, 1.807) is 12.1 Å². The lowest BCUT2D eigenvalue weighted by molar-refractivity contribution is 0.0948. The summed E-state index contributed by atoms with van der Waals surface area (Å²) < 4.78 is 0. The molecule has 1 aromatic heterocycles. The smallest absolute Gasteiger partial charge is 0.271 e. The zero-order chi connectivity index (χ0) is 13.5. The van der Waals surface area contributed by atoms with E-state index in [4.69, 9.17) is 17.3 Å². The molecule has 0 saturated heterocycles. The number of rotatable bonds is 6. The summed E-state index contributed by atoms with van der Waals surface area (Å²) in [4.78, 5) is 15.7. The minimum atomic E-state index is -0.267. The standard InChI is InChI=1S/C13H20ClN3O/c1-9(2)5-3-4-8-16-13(18)12-10(14)6-7-11(15)17-12/h6-7,9H,3-5,8H2,1-2H3,(H2,15,17)(H,16,18). The molecule has 0 aliphatic carbocycles. The van der Waals surface area contributed by atoms with Crippen molar-refractivity contribution < 1.29 is 4.79 Å². The zero-order valence-corrected chi connectivity index (χ0v) is 11.6. The van der Waals surface area contributed by atoms with Crippen molar-refractivity contribution in [2.45, 2.75) is 33.1 Å². The average Bonchev–Trinajstić information content (AvgIpc) is 2.31. The van der Waals surface area contributed by atoms with Gasteiger partial charge in [0.1, 0.15) is 11.5 Å². The number of nitrogens with one attached hydrogen (secondary N) is 1. The number of anilines is 1. The van der Waals surface area contributed by atoms with Crippen molar-refractivity contribution in [3.05, 3.63) is 22.8 Å². The summed E-state index contributed by atoms with van der Waals surface area (Å²) in [6.45, 7) is 5.02. The molecule has 0 fully saturated rings. The molecule has 1 rings (SSSR count). The van der Waals surface area contributed by atoms with Gasteiger partial charge in [-0.15, -0.1) is 0 Å². The van der Waals surface area contributed by atoms with Crippen molar-refractivity contribution in [1.29, 1.82) is 0 Å². The maximum Gasteiger partial charge on any atom is 0.271 e. The topological polar surface area (TPSA) is 68.0 Å². The molecule has 3 N–H and O–H groups in total. The van der Waals surface area contributed by atoms with Crippen LogP contribution >= 0.6 is 11.6 Å². The van der Waals surface area contributed by atoms with Crippen molar-refractivity contribution in [2.75, 3.05) is 12.3 Å². The third kappa shape index (κ3) is 4.92. The number of nitrogen functional groups attached to an aromatic ring is 1. The van der Waals surface area contributed by atoms with Crippen molar-refractivity contribution in [2.24, 2.45) is 5.92 Å². The average molecular weight is 270 g/mol. The molecule has 18 heavy (non-hydrogen) atoms. The van der Waals surface area contributed by atoms with Crippen LogP contribution in [0.3, 0.4) is 0 Å². The third-order valence-corrected chi connectivity index (χ3v) is 2.88. The van der Waals surface area contributed by atoms with Crippen molar-refractivity contribution in [3.63, 3.8) is 0 Å². The lowest BCUT2D eigenvalue weighted by atomic mass is 10.1. The second kappa shape index (κ2) is 7.21. The summed E-state index contributed by atoms with van der Waals surface area (Å²) in [7, 11) is 0. The van der Waals surface area contributed by atoms with E-state index in [9.17, 15) is 4.79 Å². The summed E-state index contributed by atoms with van der Waals surface area (Å²) in [6, 6.07) is 3.15. The highest BCUT2D eigenvalue weighted by atomic mass is 35.5. The second-order valence-electron chi connectivity index (χ2n) is 4.71. The van der Waals surface area contributed by atoms with Gasteiger partial charge in [-0.3, -0.25) is 4.79 Å². The number of carbonyl (C=O) groups excluding carboxylic acids is 1. The number of hydrogen-bond acceptors (Lipinski definition) is 3. The van der Waals surface area contributed by atoms with Crippen molar-refractivity contribution in [3.8, 4) is 0 Å². The summed E-state index contributed by atoms with van der Waals surface area (Å²) in [5.74, 6) is 0.729. The maximum atomic E-state index is 11.8. The van der Waals surface area contributed by atoms with E-state index >= 15 is 0 Å². The molecule has 1 heterocycles. The summed E-state index contributed by atoms with van der Waals surface area (Å²) in [5.41, 5.74) is 5.72. The summed E-state index contributed by atoms with van der Waals surface area (Å²) in [6.07, 6.45) is 3.24. The second-order valence-corrected chi connectivity index (χ2v) is 5.12. The van der Waals surface area contributed by atoms with Crippen LogP contribution in [0.5, 0.6) is 0 Å². The molecular weight excluding hydrogens is 250 g/mol. The molecule has 0 bridgehead atoms. The van der Waals surface area contributed by atoms with Gasteiger partial charge in [-0.1, -0.05) is 38.3 Å². The quantitative estimate of drug-likeness (QED) is 0.781. The number of nitrogens with zero attached hydrogens (tertiary/aromatic N) is 1. The molecule has 0 spiro atoms. The Kier molecular flexibility index (Phi) is 5.92. The van der Waals surface area contributed by atoms with E-state index in [1.807, 2.05) is 0 Å². The Hall–Kier alpha value is -1.29. The molecule has 0 aliphatic rings. The highest BCUT2D eigenvalue weighted by Crippen LogP contribution is 2.15. The number of carbonyl (C=O) groups is 1. The van der Waals surface area contributed by atoms with Gasteiger partial charge < -0.3 is 11.1 Å². The van der Waals surface area contributed by atoms with Gasteiger partial charge in [-0.2, -0.15) is 0 Å². The lowest BCUT2D eigenvalue weighted by Crippen LogP contribution is -2.26. The van der Waals surface area contributed by atoms with Gasteiger partial charge in [-0.25, -0.2) is 4.98 Å². The van der Waals surface area contributed by atoms with Crippen LogP contribution < -0.4 is 11.1 Å². The van der Waals surface area contributed by atoms with Crippen LogP contribution in [0.15, 0.2) is 12.1 Å². The maximum absolute atomic E-state index is 11.8. The first-order valence-electron chi connectivity index (χ1n) is 6.21. The zero-order valence-electron chi connectivity index (χ0n) is 10.9. The fraction of sp³-hybridized carbons (Fsp3) is 0.538. The van der Waals surface area contributed by atoms with E-state index in [0.717, 1.165) is 12.8 Å². The molecule has 1 amide bonds. The predicted molar refractivity (Wildman–Crippen MR) is 74.7 cm³/mol. The number of hydrogen-bond donors (Lipinski definition) is 2. The molecule has 0 aromatic carbocycles. The van der Waals surface area contributed by atoms with E-state index < -0.39 is 0 Å². The van der Waals surface area contributed by atoms with Crippen LogP contribution in [0.1, 0.15) is 43.6 Å². The lowest BCUT2D eigenvalue weighted by Gasteiger charge is -2.07. The van der Waals surface area contributed by atoms with Gasteiger partial charge in [0.2, 0.25) is 0 Å². The highest BCUT2D eigenvalue weighted by Gasteiger charge is 2.11.